The summed E-state index contributed by atoms with van der Waals surface area (Å²) in [5.41, 5.74) is 2.30. The molecule has 0 radical (unpaired) electrons. The van der Waals surface area contributed by atoms with Crippen LogP contribution in [-0.4, -0.2) is 10.9 Å². The number of nitrogens with one attached hydrogen (secondary N) is 1. The average molecular weight is 230 g/mol. The molecule has 1 amide bonds. The molecule has 2 aromatic rings. The monoisotopic (exact) mass is 230 g/mol. The van der Waals surface area contributed by atoms with Gasteiger partial charge in [0.1, 0.15) is 5.52 Å². The Labute approximate surface area is 99.0 Å². The number of carbonyl (C=O) groups excluding carboxylic acids is 1. The molecule has 1 N–H and O–H groups in total. The van der Waals surface area contributed by atoms with Crippen LogP contribution in [0.5, 0.6) is 0 Å². The van der Waals surface area contributed by atoms with Gasteiger partial charge in [-0.2, -0.15) is 0 Å². The zero-order chi connectivity index (χ0) is 11.7. The molecule has 1 aromatic carbocycles. The van der Waals surface area contributed by atoms with Crippen LogP contribution in [0.4, 0.5) is 5.69 Å². The first-order chi connectivity index (χ1) is 8.33. The van der Waals surface area contributed by atoms with Gasteiger partial charge < -0.3 is 9.73 Å². The molecule has 3 rings (SSSR count). The Morgan fingerprint density at radius 3 is 3.00 bits per heavy atom. The first kappa shape index (κ1) is 10.3. The number of nitrogens with zero attached hydrogens (tertiary/aromatic N) is 1. The Morgan fingerprint density at radius 2 is 2.18 bits per heavy atom. The molecule has 0 saturated heterocycles. The first-order valence-corrected chi connectivity index (χ1v) is 5.97. The molecule has 0 aliphatic heterocycles. The van der Waals surface area contributed by atoms with Gasteiger partial charge in [-0.25, -0.2) is 4.98 Å². The number of aromatic nitrogens is 1. The number of rotatable bonds is 2. The van der Waals surface area contributed by atoms with Crippen LogP contribution < -0.4 is 5.32 Å². The van der Waals surface area contributed by atoms with Gasteiger partial charge in [0.25, 0.3) is 0 Å². The van der Waals surface area contributed by atoms with Gasteiger partial charge in [0.05, 0.1) is 0 Å². The fourth-order valence-electron chi connectivity index (χ4n) is 2.37. The number of hydrogen-bond donors (Lipinski definition) is 1. The summed E-state index contributed by atoms with van der Waals surface area (Å²) in [5, 5.41) is 2.94. The summed E-state index contributed by atoms with van der Waals surface area (Å²) in [5.74, 6) is 0.307. The van der Waals surface area contributed by atoms with E-state index >= 15 is 0 Å². The van der Waals surface area contributed by atoms with Crippen LogP contribution in [0.3, 0.4) is 0 Å². The first-order valence-electron chi connectivity index (χ1n) is 5.97. The second-order valence-electron chi connectivity index (χ2n) is 4.51. The largest absolute Gasteiger partial charge is 0.443 e. The molecule has 17 heavy (non-hydrogen) atoms. The molecule has 0 bridgehead atoms. The van der Waals surface area contributed by atoms with E-state index in [2.05, 4.69) is 10.3 Å². The molecule has 1 heterocycles. The number of hydrogen-bond acceptors (Lipinski definition) is 3. The zero-order valence-corrected chi connectivity index (χ0v) is 9.48. The van der Waals surface area contributed by atoms with Gasteiger partial charge in [0.2, 0.25) is 5.91 Å². The van der Waals surface area contributed by atoms with Gasteiger partial charge in [0, 0.05) is 17.7 Å². The van der Waals surface area contributed by atoms with Crippen molar-refractivity contribution in [2.24, 2.45) is 5.92 Å². The number of fused-ring (bicyclic) bond motifs is 1. The smallest absolute Gasteiger partial charge is 0.227 e. The van der Waals surface area contributed by atoms with Crippen molar-refractivity contribution in [1.29, 1.82) is 0 Å². The fourth-order valence-corrected chi connectivity index (χ4v) is 2.37. The van der Waals surface area contributed by atoms with E-state index in [0.717, 1.165) is 24.0 Å². The van der Waals surface area contributed by atoms with Crippen LogP contribution in [0.1, 0.15) is 25.7 Å². The highest BCUT2D eigenvalue weighted by Crippen LogP contribution is 2.26. The second kappa shape index (κ2) is 4.20. The number of anilines is 1. The number of oxazole rings is 1. The lowest BCUT2D eigenvalue weighted by Gasteiger charge is -2.09. The summed E-state index contributed by atoms with van der Waals surface area (Å²) < 4.78 is 5.20. The van der Waals surface area contributed by atoms with E-state index in [1.165, 1.54) is 19.2 Å². The highest BCUT2D eigenvalue weighted by atomic mass is 16.3. The third kappa shape index (κ3) is 2.02. The lowest BCUT2D eigenvalue weighted by molar-refractivity contribution is -0.119. The molecule has 1 aliphatic rings. The van der Waals surface area contributed by atoms with E-state index in [-0.39, 0.29) is 11.8 Å². The quantitative estimate of drug-likeness (QED) is 0.862. The van der Waals surface area contributed by atoms with Crippen LogP contribution in [-0.2, 0) is 4.79 Å². The van der Waals surface area contributed by atoms with Crippen LogP contribution in [0.25, 0.3) is 11.1 Å². The predicted molar refractivity (Wildman–Crippen MR) is 64.6 cm³/mol. The molecule has 88 valence electrons. The van der Waals surface area contributed by atoms with Crippen molar-refractivity contribution >= 4 is 22.7 Å². The van der Waals surface area contributed by atoms with Crippen molar-refractivity contribution in [2.45, 2.75) is 25.7 Å². The number of benzene rings is 1. The fraction of sp³-hybridized carbons (Fsp3) is 0.385. The highest BCUT2D eigenvalue weighted by molar-refractivity contribution is 5.94. The number of carbonyl (C=O) groups is 1. The molecule has 1 aromatic heterocycles. The van der Waals surface area contributed by atoms with Gasteiger partial charge >= 0.3 is 0 Å². The van der Waals surface area contributed by atoms with Crippen molar-refractivity contribution in [3.05, 3.63) is 24.6 Å². The van der Waals surface area contributed by atoms with Crippen LogP contribution >= 0.6 is 0 Å². The summed E-state index contributed by atoms with van der Waals surface area (Å²) in [7, 11) is 0. The van der Waals surface area contributed by atoms with Crippen molar-refractivity contribution in [3.8, 4) is 0 Å². The lowest BCUT2D eigenvalue weighted by Crippen LogP contribution is -2.20. The normalized spacial score (nSPS) is 16.5. The molecule has 0 spiro atoms. The minimum absolute atomic E-state index is 0.126. The molecule has 1 saturated carbocycles. The molecule has 4 nitrogen and oxygen atoms in total. The van der Waals surface area contributed by atoms with E-state index in [1.54, 1.807) is 0 Å². The predicted octanol–water partition coefficient (Wildman–Crippen LogP) is 2.96. The molecule has 0 unspecified atom stereocenters. The van der Waals surface area contributed by atoms with Crippen molar-refractivity contribution < 1.29 is 9.21 Å². The minimum Gasteiger partial charge on any atom is -0.443 e. The zero-order valence-electron chi connectivity index (χ0n) is 9.48. The molecule has 4 heteroatoms. The SMILES string of the molecule is O=C(Nc1ccc2ncoc2c1)C1CCCC1. The summed E-state index contributed by atoms with van der Waals surface area (Å²) in [6.07, 6.45) is 5.76. The van der Waals surface area contributed by atoms with Crippen molar-refractivity contribution in [3.63, 3.8) is 0 Å². The lowest BCUT2D eigenvalue weighted by atomic mass is 10.1. The molecule has 1 aliphatic carbocycles. The van der Waals surface area contributed by atoms with Crippen LogP contribution in [0, 0.1) is 5.92 Å². The maximum Gasteiger partial charge on any atom is 0.227 e. The van der Waals surface area contributed by atoms with Gasteiger partial charge in [-0.3, -0.25) is 4.79 Å². The van der Waals surface area contributed by atoms with E-state index in [4.69, 9.17) is 4.42 Å². The average Bonchev–Trinajstić information content (AvgIpc) is 2.99. The Balaban J connectivity index is 1.77. The molecule has 0 atom stereocenters. The summed E-state index contributed by atoms with van der Waals surface area (Å²) >= 11 is 0. The van der Waals surface area contributed by atoms with E-state index < -0.39 is 0 Å². The Bertz CT molecular complexity index is 541. The Hall–Kier alpha value is -1.84. The molecule has 1 fully saturated rings. The molecular weight excluding hydrogens is 216 g/mol. The topological polar surface area (TPSA) is 55.1 Å². The van der Waals surface area contributed by atoms with Gasteiger partial charge in [0.15, 0.2) is 12.0 Å². The number of amides is 1. The standard InChI is InChI=1S/C13H14N2O2/c16-13(9-3-1-2-4-9)15-10-5-6-11-12(7-10)17-8-14-11/h5-9H,1-4H2,(H,15,16). The Kier molecular flexibility index (Phi) is 2.55. The third-order valence-corrected chi connectivity index (χ3v) is 3.32. The summed E-state index contributed by atoms with van der Waals surface area (Å²) in [6, 6.07) is 5.52. The maximum absolute atomic E-state index is 11.9. The van der Waals surface area contributed by atoms with Gasteiger partial charge in [-0.05, 0) is 25.0 Å². The second-order valence-corrected chi connectivity index (χ2v) is 4.51. The third-order valence-electron chi connectivity index (χ3n) is 3.32. The maximum atomic E-state index is 11.9. The van der Waals surface area contributed by atoms with Gasteiger partial charge in [-0.1, -0.05) is 12.8 Å². The van der Waals surface area contributed by atoms with E-state index in [9.17, 15) is 4.79 Å². The van der Waals surface area contributed by atoms with Crippen LogP contribution in [0.15, 0.2) is 29.0 Å². The summed E-state index contributed by atoms with van der Waals surface area (Å²) in [6.45, 7) is 0. The van der Waals surface area contributed by atoms with E-state index in [0.29, 0.717) is 5.58 Å². The van der Waals surface area contributed by atoms with E-state index in [1.807, 2.05) is 18.2 Å². The summed E-state index contributed by atoms with van der Waals surface area (Å²) in [4.78, 5) is 16.0. The van der Waals surface area contributed by atoms with Crippen LogP contribution in [0.2, 0.25) is 0 Å². The van der Waals surface area contributed by atoms with Crippen molar-refractivity contribution in [2.75, 3.05) is 5.32 Å². The Morgan fingerprint density at radius 1 is 1.35 bits per heavy atom. The highest BCUT2D eigenvalue weighted by Gasteiger charge is 2.22. The van der Waals surface area contributed by atoms with Crippen molar-refractivity contribution in [1.82, 2.24) is 4.98 Å². The minimum atomic E-state index is 0.126. The van der Waals surface area contributed by atoms with Gasteiger partial charge in [-0.15, -0.1) is 0 Å². The molecular formula is C13H14N2O2.